The molecule has 0 aliphatic heterocycles. The second kappa shape index (κ2) is 6.75. The van der Waals surface area contributed by atoms with Crippen LogP contribution >= 0.6 is 11.6 Å². The number of hydrogen-bond donors (Lipinski definition) is 2. The Labute approximate surface area is 142 Å². The van der Waals surface area contributed by atoms with Gasteiger partial charge in [0, 0.05) is 19.3 Å². The quantitative estimate of drug-likeness (QED) is 0.684. The van der Waals surface area contributed by atoms with Crippen molar-refractivity contribution in [2.24, 2.45) is 7.05 Å². The molecule has 0 fully saturated rings. The van der Waals surface area contributed by atoms with Crippen LogP contribution in [-0.4, -0.2) is 29.5 Å². The number of hydrogen-bond acceptors (Lipinski definition) is 7. The number of nitrogens with zero attached hydrogens (tertiary/aromatic N) is 6. The molecule has 0 radical (unpaired) electrons. The molecule has 0 amide bonds. The maximum absolute atomic E-state index is 12.9. The van der Waals surface area contributed by atoms with E-state index < -0.39 is 5.82 Å². The second-order valence-corrected chi connectivity index (χ2v) is 5.46. The highest BCUT2D eigenvalue weighted by molar-refractivity contribution is 6.29. The number of aromatic nitrogens is 6. The Bertz CT molecular complexity index is 835. The van der Waals surface area contributed by atoms with E-state index in [0.29, 0.717) is 23.4 Å². The SMILES string of the molecule is C[C@H](Nc1nc(Cl)cc(Nc2cn(C)cn2)n1)c1ncc(F)cn1. The zero-order valence-corrected chi connectivity index (χ0v) is 13.7. The van der Waals surface area contributed by atoms with Crippen LogP contribution in [0.5, 0.6) is 0 Å². The molecule has 2 N–H and O–H groups in total. The minimum absolute atomic E-state index is 0.262. The largest absolute Gasteiger partial charge is 0.344 e. The normalized spacial score (nSPS) is 12.0. The van der Waals surface area contributed by atoms with Gasteiger partial charge >= 0.3 is 0 Å². The van der Waals surface area contributed by atoms with Crippen LogP contribution in [0.25, 0.3) is 0 Å². The van der Waals surface area contributed by atoms with E-state index in [-0.39, 0.29) is 11.2 Å². The Morgan fingerprint density at radius 2 is 1.92 bits per heavy atom. The summed E-state index contributed by atoms with van der Waals surface area (Å²) in [7, 11) is 1.86. The summed E-state index contributed by atoms with van der Waals surface area (Å²) in [6, 6.07) is 1.26. The third-order valence-electron chi connectivity index (χ3n) is 3.03. The first-order valence-corrected chi connectivity index (χ1v) is 7.41. The molecule has 3 aromatic rings. The van der Waals surface area contributed by atoms with Gasteiger partial charge in [0.1, 0.15) is 22.6 Å². The molecule has 0 aliphatic rings. The summed E-state index contributed by atoms with van der Waals surface area (Å²) in [6.07, 6.45) is 5.68. The number of rotatable bonds is 5. The fraction of sp³-hybridized carbons (Fsp3) is 0.214. The molecule has 1 atom stereocenters. The number of aryl methyl sites for hydroxylation is 1. The summed E-state index contributed by atoms with van der Waals surface area (Å²) in [4.78, 5) is 20.4. The van der Waals surface area contributed by atoms with Crippen molar-refractivity contribution in [3.05, 3.63) is 47.8 Å². The third-order valence-corrected chi connectivity index (χ3v) is 3.22. The van der Waals surface area contributed by atoms with Crippen LogP contribution in [-0.2, 0) is 7.05 Å². The predicted octanol–water partition coefficient (Wildman–Crippen LogP) is 2.71. The van der Waals surface area contributed by atoms with Crippen molar-refractivity contribution < 1.29 is 4.39 Å². The van der Waals surface area contributed by atoms with Gasteiger partial charge in [-0.05, 0) is 6.92 Å². The van der Waals surface area contributed by atoms with Crippen molar-refractivity contribution in [3.8, 4) is 0 Å². The topological polar surface area (TPSA) is 93.4 Å². The summed E-state index contributed by atoms with van der Waals surface area (Å²) >= 11 is 6.03. The van der Waals surface area contributed by atoms with Crippen LogP contribution in [0.2, 0.25) is 5.15 Å². The Hall–Kier alpha value is -2.81. The fourth-order valence-electron chi connectivity index (χ4n) is 1.96. The maximum atomic E-state index is 12.9. The number of halogens is 2. The minimum atomic E-state index is -0.494. The average molecular weight is 349 g/mol. The van der Waals surface area contributed by atoms with E-state index in [9.17, 15) is 4.39 Å². The van der Waals surface area contributed by atoms with E-state index in [1.54, 1.807) is 23.2 Å². The van der Waals surface area contributed by atoms with E-state index in [2.05, 4.69) is 35.6 Å². The molecule has 124 valence electrons. The van der Waals surface area contributed by atoms with Gasteiger partial charge in [-0.15, -0.1) is 0 Å². The molecule has 0 saturated heterocycles. The summed E-state index contributed by atoms with van der Waals surface area (Å²) in [5.74, 6) is 1.34. The molecule has 0 aromatic carbocycles. The van der Waals surface area contributed by atoms with E-state index >= 15 is 0 Å². The van der Waals surface area contributed by atoms with Crippen molar-refractivity contribution in [1.29, 1.82) is 0 Å². The number of anilines is 3. The van der Waals surface area contributed by atoms with E-state index in [0.717, 1.165) is 12.4 Å². The molecule has 3 rings (SSSR count). The Balaban J connectivity index is 1.76. The molecule has 0 spiro atoms. The molecule has 8 nitrogen and oxygen atoms in total. The summed E-state index contributed by atoms with van der Waals surface area (Å²) in [5, 5.41) is 6.33. The minimum Gasteiger partial charge on any atom is -0.344 e. The highest BCUT2D eigenvalue weighted by atomic mass is 35.5. The summed E-state index contributed by atoms with van der Waals surface area (Å²) < 4.78 is 14.7. The zero-order chi connectivity index (χ0) is 17.1. The zero-order valence-electron chi connectivity index (χ0n) is 12.9. The molecule has 0 aliphatic carbocycles. The van der Waals surface area contributed by atoms with Gasteiger partial charge in [0.05, 0.1) is 24.8 Å². The smallest absolute Gasteiger partial charge is 0.226 e. The van der Waals surface area contributed by atoms with Gasteiger partial charge in [-0.25, -0.2) is 24.3 Å². The first kappa shape index (κ1) is 16.1. The van der Waals surface area contributed by atoms with E-state index in [1.165, 1.54) is 0 Å². The standard InChI is InChI=1S/C14H14ClFN8/c1-8(13-17-4-9(16)5-18-13)20-14-21-10(15)3-11(23-14)22-12-6-24(2)7-19-12/h3-8H,1-2H3,(H2,20,21,22,23)/t8-/m0/s1. The van der Waals surface area contributed by atoms with E-state index in [4.69, 9.17) is 11.6 Å². The second-order valence-electron chi connectivity index (χ2n) is 5.07. The Kier molecular flexibility index (Phi) is 4.52. The number of nitrogens with one attached hydrogen (secondary N) is 2. The lowest BCUT2D eigenvalue weighted by Gasteiger charge is -2.13. The molecule has 10 heteroatoms. The van der Waals surface area contributed by atoms with Gasteiger partial charge in [-0.1, -0.05) is 11.6 Å². The highest BCUT2D eigenvalue weighted by Crippen LogP contribution is 2.20. The molecule has 3 aromatic heterocycles. The van der Waals surface area contributed by atoms with Crippen molar-refractivity contribution in [2.75, 3.05) is 10.6 Å². The van der Waals surface area contributed by atoms with Crippen molar-refractivity contribution in [2.45, 2.75) is 13.0 Å². The maximum Gasteiger partial charge on any atom is 0.226 e. The van der Waals surface area contributed by atoms with Gasteiger partial charge in [-0.3, -0.25) is 0 Å². The van der Waals surface area contributed by atoms with Crippen LogP contribution in [0.15, 0.2) is 31.0 Å². The van der Waals surface area contributed by atoms with Gasteiger partial charge in [0.25, 0.3) is 0 Å². The highest BCUT2D eigenvalue weighted by Gasteiger charge is 2.12. The van der Waals surface area contributed by atoms with Crippen LogP contribution < -0.4 is 10.6 Å². The summed E-state index contributed by atoms with van der Waals surface area (Å²) in [5.41, 5.74) is 0. The lowest BCUT2D eigenvalue weighted by molar-refractivity contribution is 0.604. The first-order chi connectivity index (χ1) is 11.5. The Morgan fingerprint density at radius 3 is 2.58 bits per heavy atom. The molecule has 0 saturated carbocycles. The van der Waals surface area contributed by atoms with Crippen LogP contribution in [0.4, 0.5) is 22.0 Å². The van der Waals surface area contributed by atoms with Crippen LogP contribution in [0, 0.1) is 5.82 Å². The fourth-order valence-corrected chi connectivity index (χ4v) is 2.14. The number of imidazole rings is 1. The predicted molar refractivity (Wildman–Crippen MR) is 87.6 cm³/mol. The monoisotopic (exact) mass is 348 g/mol. The van der Waals surface area contributed by atoms with Gasteiger partial charge in [0.2, 0.25) is 5.95 Å². The molecule has 0 unspecified atom stereocenters. The van der Waals surface area contributed by atoms with Crippen molar-refractivity contribution >= 4 is 29.2 Å². The lowest BCUT2D eigenvalue weighted by Crippen LogP contribution is -2.13. The summed E-state index contributed by atoms with van der Waals surface area (Å²) in [6.45, 7) is 1.81. The third kappa shape index (κ3) is 3.93. The first-order valence-electron chi connectivity index (χ1n) is 7.03. The van der Waals surface area contributed by atoms with Gasteiger partial charge in [0.15, 0.2) is 5.82 Å². The lowest BCUT2D eigenvalue weighted by atomic mass is 10.3. The molecule has 3 heterocycles. The molecular formula is C14H14ClFN8. The molecular weight excluding hydrogens is 335 g/mol. The van der Waals surface area contributed by atoms with Gasteiger partial charge < -0.3 is 15.2 Å². The van der Waals surface area contributed by atoms with Crippen molar-refractivity contribution in [3.63, 3.8) is 0 Å². The van der Waals surface area contributed by atoms with E-state index in [1.807, 2.05) is 14.0 Å². The van der Waals surface area contributed by atoms with Crippen LogP contribution in [0.3, 0.4) is 0 Å². The van der Waals surface area contributed by atoms with Crippen LogP contribution in [0.1, 0.15) is 18.8 Å². The molecule has 24 heavy (non-hydrogen) atoms. The average Bonchev–Trinajstić information content (AvgIpc) is 2.92. The van der Waals surface area contributed by atoms with Gasteiger partial charge in [-0.2, -0.15) is 4.98 Å². The Morgan fingerprint density at radius 1 is 1.17 bits per heavy atom. The van der Waals surface area contributed by atoms with Crippen molar-refractivity contribution in [1.82, 2.24) is 29.5 Å². The molecule has 0 bridgehead atoms.